The monoisotopic (exact) mass is 326 g/mol. The normalized spacial score (nSPS) is 18.5. The van der Waals surface area contributed by atoms with E-state index in [1.54, 1.807) is 7.11 Å². The average molecular weight is 326 g/mol. The molecule has 1 aliphatic rings. The Balaban J connectivity index is 1.50. The molecule has 24 heavy (non-hydrogen) atoms. The number of rotatable bonds is 7. The molecule has 1 fully saturated rings. The maximum Gasteiger partial charge on any atom is 0.148 e. The maximum absolute atomic E-state index is 5.18. The first-order valence-corrected chi connectivity index (χ1v) is 8.69. The van der Waals surface area contributed by atoms with E-state index in [0.717, 1.165) is 43.3 Å². The van der Waals surface area contributed by atoms with E-state index in [-0.39, 0.29) is 0 Å². The molecule has 1 N–H and O–H groups in total. The van der Waals surface area contributed by atoms with Gasteiger partial charge in [-0.2, -0.15) is 0 Å². The first-order chi connectivity index (χ1) is 11.8. The van der Waals surface area contributed by atoms with Gasteiger partial charge in [0, 0.05) is 32.3 Å². The summed E-state index contributed by atoms with van der Waals surface area (Å²) in [5, 5.41) is 12.1. The predicted molar refractivity (Wildman–Crippen MR) is 97.0 cm³/mol. The van der Waals surface area contributed by atoms with E-state index in [1.165, 1.54) is 19.4 Å². The van der Waals surface area contributed by atoms with Crippen molar-refractivity contribution in [3.8, 4) is 11.3 Å². The zero-order valence-electron chi connectivity index (χ0n) is 14.3. The van der Waals surface area contributed by atoms with Gasteiger partial charge in [0.2, 0.25) is 0 Å². The molecule has 0 spiro atoms. The number of anilines is 1. The number of hydrogen-bond acceptors (Lipinski definition) is 5. The van der Waals surface area contributed by atoms with Crippen molar-refractivity contribution in [2.75, 3.05) is 45.2 Å². The van der Waals surface area contributed by atoms with Gasteiger partial charge in [-0.25, -0.2) is 0 Å². The fourth-order valence-electron chi connectivity index (χ4n) is 3.18. The number of aromatic nitrogens is 2. The summed E-state index contributed by atoms with van der Waals surface area (Å²) in [6.45, 7) is 5.10. The van der Waals surface area contributed by atoms with Crippen molar-refractivity contribution in [1.82, 2.24) is 15.1 Å². The summed E-state index contributed by atoms with van der Waals surface area (Å²) >= 11 is 0. The van der Waals surface area contributed by atoms with Gasteiger partial charge in [0.25, 0.3) is 0 Å². The van der Waals surface area contributed by atoms with E-state index in [1.807, 2.05) is 42.5 Å². The van der Waals surface area contributed by atoms with Crippen LogP contribution in [0.5, 0.6) is 0 Å². The summed E-state index contributed by atoms with van der Waals surface area (Å²) in [5.41, 5.74) is 2.00. The van der Waals surface area contributed by atoms with Crippen LogP contribution in [-0.4, -0.2) is 55.0 Å². The topological polar surface area (TPSA) is 50.3 Å². The van der Waals surface area contributed by atoms with E-state index < -0.39 is 0 Å². The van der Waals surface area contributed by atoms with Crippen LogP contribution in [0, 0.1) is 5.92 Å². The molecular weight excluding hydrogens is 300 g/mol. The molecule has 2 aromatic rings. The van der Waals surface area contributed by atoms with Gasteiger partial charge in [0.05, 0.1) is 12.3 Å². The third-order valence-corrected chi connectivity index (χ3v) is 4.52. The molecule has 2 heterocycles. The standard InChI is InChI=1S/C19H26N4O/c1-24-13-12-23-11-5-6-16(15-23)14-20-19-10-9-18(21-22-19)17-7-3-2-4-8-17/h2-4,7-10,16H,5-6,11-15H2,1H3,(H,20,22). The first kappa shape index (κ1) is 16.9. The van der Waals surface area contributed by atoms with Gasteiger partial charge >= 0.3 is 0 Å². The van der Waals surface area contributed by atoms with E-state index >= 15 is 0 Å². The molecule has 5 nitrogen and oxygen atoms in total. The highest BCUT2D eigenvalue weighted by molar-refractivity contribution is 5.59. The third-order valence-electron chi connectivity index (χ3n) is 4.52. The Morgan fingerprint density at radius 3 is 2.79 bits per heavy atom. The van der Waals surface area contributed by atoms with Crippen LogP contribution in [-0.2, 0) is 4.74 Å². The summed E-state index contributed by atoms with van der Waals surface area (Å²) in [4.78, 5) is 2.49. The molecule has 1 aromatic carbocycles. The van der Waals surface area contributed by atoms with Gasteiger partial charge < -0.3 is 15.0 Å². The molecule has 0 bridgehead atoms. The lowest BCUT2D eigenvalue weighted by Gasteiger charge is -2.32. The van der Waals surface area contributed by atoms with Crippen molar-refractivity contribution < 1.29 is 4.74 Å². The highest BCUT2D eigenvalue weighted by atomic mass is 16.5. The Bertz CT molecular complexity index is 603. The van der Waals surface area contributed by atoms with E-state index in [2.05, 4.69) is 20.4 Å². The minimum absolute atomic E-state index is 0.659. The van der Waals surface area contributed by atoms with E-state index in [4.69, 9.17) is 4.74 Å². The molecule has 1 atom stereocenters. The average Bonchev–Trinajstić information content (AvgIpc) is 2.66. The number of nitrogens with zero attached hydrogens (tertiary/aromatic N) is 3. The van der Waals surface area contributed by atoms with Crippen LogP contribution in [0.3, 0.4) is 0 Å². The van der Waals surface area contributed by atoms with Gasteiger partial charge in [-0.15, -0.1) is 10.2 Å². The Hall–Kier alpha value is -1.98. The van der Waals surface area contributed by atoms with Crippen LogP contribution in [0.15, 0.2) is 42.5 Å². The van der Waals surface area contributed by atoms with Crippen molar-refractivity contribution in [2.24, 2.45) is 5.92 Å². The summed E-state index contributed by atoms with van der Waals surface area (Å²) in [6.07, 6.45) is 2.53. The first-order valence-electron chi connectivity index (χ1n) is 8.69. The molecule has 0 radical (unpaired) electrons. The van der Waals surface area contributed by atoms with Gasteiger partial charge in [0.15, 0.2) is 0 Å². The van der Waals surface area contributed by atoms with Crippen molar-refractivity contribution in [3.05, 3.63) is 42.5 Å². The molecule has 1 aromatic heterocycles. The predicted octanol–water partition coefficient (Wildman–Crippen LogP) is 2.91. The zero-order chi connectivity index (χ0) is 16.6. The molecule has 1 unspecified atom stereocenters. The minimum atomic E-state index is 0.659. The summed E-state index contributed by atoms with van der Waals surface area (Å²) < 4.78 is 5.18. The van der Waals surface area contributed by atoms with Crippen molar-refractivity contribution in [2.45, 2.75) is 12.8 Å². The largest absolute Gasteiger partial charge is 0.383 e. The van der Waals surface area contributed by atoms with Crippen molar-refractivity contribution in [1.29, 1.82) is 0 Å². The van der Waals surface area contributed by atoms with Crippen molar-refractivity contribution in [3.63, 3.8) is 0 Å². The van der Waals surface area contributed by atoms with E-state index in [0.29, 0.717) is 5.92 Å². The van der Waals surface area contributed by atoms with Crippen LogP contribution in [0.1, 0.15) is 12.8 Å². The highest BCUT2D eigenvalue weighted by Gasteiger charge is 2.19. The molecular formula is C19H26N4O. The Kier molecular flexibility index (Phi) is 6.15. The van der Waals surface area contributed by atoms with Crippen LogP contribution >= 0.6 is 0 Å². The molecule has 3 rings (SSSR count). The van der Waals surface area contributed by atoms with Gasteiger partial charge in [-0.3, -0.25) is 0 Å². The SMILES string of the molecule is COCCN1CCCC(CNc2ccc(-c3ccccc3)nn2)C1. The highest BCUT2D eigenvalue weighted by Crippen LogP contribution is 2.18. The lowest BCUT2D eigenvalue weighted by molar-refractivity contribution is 0.117. The van der Waals surface area contributed by atoms with Crippen LogP contribution in [0.2, 0.25) is 0 Å². The summed E-state index contributed by atoms with van der Waals surface area (Å²) in [5.74, 6) is 1.51. The third kappa shape index (κ3) is 4.76. The van der Waals surface area contributed by atoms with Gasteiger partial charge in [-0.05, 0) is 37.4 Å². The Morgan fingerprint density at radius 1 is 1.17 bits per heavy atom. The molecule has 0 amide bonds. The van der Waals surface area contributed by atoms with Gasteiger partial charge in [-0.1, -0.05) is 30.3 Å². The van der Waals surface area contributed by atoms with Crippen LogP contribution < -0.4 is 5.32 Å². The van der Waals surface area contributed by atoms with Crippen LogP contribution in [0.25, 0.3) is 11.3 Å². The second-order valence-corrected chi connectivity index (χ2v) is 6.35. The number of likely N-dealkylation sites (tertiary alicyclic amines) is 1. The number of ether oxygens (including phenoxy) is 1. The Labute approximate surface area is 144 Å². The summed E-state index contributed by atoms with van der Waals surface area (Å²) in [7, 11) is 1.76. The molecule has 5 heteroatoms. The van der Waals surface area contributed by atoms with Crippen LogP contribution in [0.4, 0.5) is 5.82 Å². The second kappa shape index (κ2) is 8.76. The molecule has 128 valence electrons. The van der Waals surface area contributed by atoms with E-state index in [9.17, 15) is 0 Å². The smallest absolute Gasteiger partial charge is 0.148 e. The zero-order valence-corrected chi connectivity index (χ0v) is 14.3. The lowest BCUT2D eigenvalue weighted by Crippen LogP contribution is -2.39. The number of piperidine rings is 1. The van der Waals surface area contributed by atoms with Crippen molar-refractivity contribution >= 4 is 5.82 Å². The quantitative estimate of drug-likeness (QED) is 0.848. The minimum Gasteiger partial charge on any atom is -0.383 e. The fourth-order valence-corrected chi connectivity index (χ4v) is 3.18. The van der Waals surface area contributed by atoms with Gasteiger partial charge in [0.1, 0.15) is 5.82 Å². The fraction of sp³-hybridized carbons (Fsp3) is 0.474. The number of nitrogens with one attached hydrogen (secondary N) is 1. The second-order valence-electron chi connectivity index (χ2n) is 6.35. The number of methoxy groups -OCH3 is 1. The lowest BCUT2D eigenvalue weighted by atomic mass is 9.98. The maximum atomic E-state index is 5.18. The molecule has 1 saturated heterocycles. The molecule has 0 aliphatic carbocycles. The number of hydrogen-bond donors (Lipinski definition) is 1. The Morgan fingerprint density at radius 2 is 2.04 bits per heavy atom. The molecule has 0 saturated carbocycles. The molecule has 1 aliphatic heterocycles. The number of benzene rings is 1. The summed E-state index contributed by atoms with van der Waals surface area (Å²) in [6, 6.07) is 14.2.